The second-order valence-electron chi connectivity index (χ2n) is 3.03. The number of para-hydroxylation sites is 2. The largest absolute Gasteiger partial charge is 0.348 e. The quantitative estimate of drug-likeness (QED) is 0.691. The Bertz CT molecular complexity index is 420. The van der Waals surface area contributed by atoms with Crippen molar-refractivity contribution in [2.24, 2.45) is 0 Å². The monoisotopic (exact) mass is 175 g/mol. The normalized spacial score (nSPS) is 10.8. The number of rotatable bonds is 2. The van der Waals surface area contributed by atoms with Crippen molar-refractivity contribution in [1.29, 1.82) is 0 Å². The molecule has 0 amide bonds. The lowest BCUT2D eigenvalue weighted by molar-refractivity contribution is 0.300. The van der Waals surface area contributed by atoms with Crippen LogP contribution in [0.2, 0.25) is 0 Å². The molecule has 2 rings (SSSR count). The molecule has 1 aromatic carbocycles. The Morgan fingerprint density at radius 2 is 2.15 bits per heavy atom. The lowest BCUT2D eigenvalue weighted by atomic mass is 10.3. The SMILES string of the molecule is CCCn1c([O])nc2ccccc21. The maximum absolute atomic E-state index is 11.4. The number of fused-ring (bicyclic) bond motifs is 1. The molecule has 0 bridgehead atoms. The first-order chi connectivity index (χ1) is 6.33. The van der Waals surface area contributed by atoms with E-state index in [9.17, 15) is 5.11 Å². The number of nitrogens with zero attached hydrogens (tertiary/aromatic N) is 2. The van der Waals surface area contributed by atoms with Gasteiger partial charge in [-0.25, -0.2) is 5.11 Å². The summed E-state index contributed by atoms with van der Waals surface area (Å²) in [4.78, 5) is 3.94. The molecule has 0 N–H and O–H groups in total. The number of imidazole rings is 1. The van der Waals surface area contributed by atoms with Crippen LogP contribution in [0.5, 0.6) is 6.01 Å². The van der Waals surface area contributed by atoms with E-state index in [1.165, 1.54) is 0 Å². The first-order valence-corrected chi connectivity index (χ1v) is 4.45. The van der Waals surface area contributed by atoms with Gasteiger partial charge in [0.25, 0.3) is 0 Å². The number of benzene rings is 1. The topological polar surface area (TPSA) is 37.7 Å². The molecule has 13 heavy (non-hydrogen) atoms. The van der Waals surface area contributed by atoms with Gasteiger partial charge in [0.15, 0.2) is 0 Å². The van der Waals surface area contributed by atoms with Gasteiger partial charge in [0, 0.05) is 6.54 Å². The molecule has 0 saturated heterocycles. The molecule has 67 valence electrons. The molecule has 0 aliphatic heterocycles. The summed E-state index contributed by atoms with van der Waals surface area (Å²) in [6, 6.07) is 7.48. The summed E-state index contributed by atoms with van der Waals surface area (Å²) in [7, 11) is 0. The van der Waals surface area contributed by atoms with Gasteiger partial charge in [-0.3, -0.25) is 4.57 Å². The van der Waals surface area contributed by atoms with Crippen molar-refractivity contribution in [2.75, 3.05) is 0 Å². The summed E-state index contributed by atoms with van der Waals surface area (Å²) < 4.78 is 1.72. The van der Waals surface area contributed by atoms with Crippen molar-refractivity contribution < 1.29 is 5.11 Å². The fourth-order valence-electron chi connectivity index (χ4n) is 1.49. The minimum Gasteiger partial charge on any atom is -0.290 e. The third-order valence-electron chi connectivity index (χ3n) is 2.07. The molecule has 2 aromatic rings. The van der Waals surface area contributed by atoms with Crippen molar-refractivity contribution >= 4 is 11.0 Å². The van der Waals surface area contributed by atoms with E-state index in [2.05, 4.69) is 4.98 Å². The highest BCUT2D eigenvalue weighted by molar-refractivity contribution is 5.76. The van der Waals surface area contributed by atoms with Crippen LogP contribution in [0.25, 0.3) is 11.0 Å². The lowest BCUT2D eigenvalue weighted by Gasteiger charge is -1.99. The molecule has 0 atom stereocenters. The Balaban J connectivity index is 2.64. The predicted molar refractivity (Wildman–Crippen MR) is 50.2 cm³/mol. The number of hydrogen-bond acceptors (Lipinski definition) is 1. The molecular weight excluding hydrogens is 164 g/mol. The van der Waals surface area contributed by atoms with E-state index in [4.69, 9.17) is 0 Å². The van der Waals surface area contributed by atoms with Gasteiger partial charge in [0.2, 0.25) is 0 Å². The van der Waals surface area contributed by atoms with Gasteiger partial charge in [0.05, 0.1) is 11.0 Å². The minimum absolute atomic E-state index is 0.136. The van der Waals surface area contributed by atoms with Crippen LogP contribution in [0.1, 0.15) is 13.3 Å². The maximum atomic E-state index is 11.4. The van der Waals surface area contributed by atoms with E-state index >= 15 is 0 Å². The third kappa shape index (κ3) is 1.26. The van der Waals surface area contributed by atoms with Gasteiger partial charge in [-0.05, 0) is 18.6 Å². The van der Waals surface area contributed by atoms with E-state index < -0.39 is 0 Å². The van der Waals surface area contributed by atoms with Gasteiger partial charge in [0.1, 0.15) is 0 Å². The first-order valence-electron chi connectivity index (χ1n) is 4.45. The highest BCUT2D eigenvalue weighted by Gasteiger charge is 2.08. The molecule has 1 aromatic heterocycles. The third-order valence-corrected chi connectivity index (χ3v) is 2.07. The molecule has 1 heterocycles. The molecule has 0 fully saturated rings. The molecule has 1 radical (unpaired) electrons. The Hall–Kier alpha value is -1.51. The molecule has 0 saturated carbocycles. The first kappa shape index (κ1) is 8.10. The number of hydrogen-bond donors (Lipinski definition) is 0. The van der Waals surface area contributed by atoms with E-state index in [1.54, 1.807) is 4.57 Å². The van der Waals surface area contributed by atoms with Crippen LogP contribution in [-0.4, -0.2) is 9.55 Å². The van der Waals surface area contributed by atoms with Gasteiger partial charge in [-0.1, -0.05) is 19.1 Å². The highest BCUT2D eigenvalue weighted by atomic mass is 16.3. The summed E-state index contributed by atoms with van der Waals surface area (Å²) in [6.07, 6.45) is 0.954. The summed E-state index contributed by atoms with van der Waals surface area (Å²) >= 11 is 0. The van der Waals surface area contributed by atoms with Crippen LogP contribution in [-0.2, 0) is 11.7 Å². The second-order valence-corrected chi connectivity index (χ2v) is 3.03. The fourth-order valence-corrected chi connectivity index (χ4v) is 1.49. The zero-order valence-electron chi connectivity index (χ0n) is 7.53. The predicted octanol–water partition coefficient (Wildman–Crippen LogP) is 2.59. The maximum Gasteiger partial charge on any atom is 0.348 e. The fraction of sp³-hybridized carbons (Fsp3) is 0.300. The lowest BCUT2D eigenvalue weighted by Crippen LogP contribution is -1.94. The highest BCUT2D eigenvalue weighted by Crippen LogP contribution is 2.20. The zero-order chi connectivity index (χ0) is 9.26. The average molecular weight is 175 g/mol. The Kier molecular flexibility index (Phi) is 1.93. The van der Waals surface area contributed by atoms with Crippen LogP contribution in [0.15, 0.2) is 24.3 Å². The Labute approximate surface area is 76.6 Å². The van der Waals surface area contributed by atoms with Crippen LogP contribution in [0.3, 0.4) is 0 Å². The van der Waals surface area contributed by atoms with Crippen LogP contribution >= 0.6 is 0 Å². The van der Waals surface area contributed by atoms with Crippen molar-refractivity contribution in [3.8, 4) is 6.01 Å². The summed E-state index contributed by atoms with van der Waals surface area (Å²) in [5.74, 6) is 0. The van der Waals surface area contributed by atoms with E-state index in [0.29, 0.717) is 0 Å². The zero-order valence-corrected chi connectivity index (χ0v) is 7.53. The Morgan fingerprint density at radius 3 is 2.92 bits per heavy atom. The molecular formula is C10H11N2O. The van der Waals surface area contributed by atoms with Crippen molar-refractivity contribution in [3.05, 3.63) is 24.3 Å². The van der Waals surface area contributed by atoms with Crippen molar-refractivity contribution in [1.82, 2.24) is 9.55 Å². The molecule has 3 heteroatoms. The summed E-state index contributed by atoms with van der Waals surface area (Å²) in [6.45, 7) is 2.80. The summed E-state index contributed by atoms with van der Waals surface area (Å²) in [5, 5.41) is 11.4. The van der Waals surface area contributed by atoms with Gasteiger partial charge in [-0.15, -0.1) is 0 Å². The van der Waals surface area contributed by atoms with Crippen LogP contribution < -0.4 is 0 Å². The van der Waals surface area contributed by atoms with Crippen LogP contribution in [0.4, 0.5) is 0 Å². The van der Waals surface area contributed by atoms with Crippen molar-refractivity contribution in [3.63, 3.8) is 0 Å². The second kappa shape index (κ2) is 3.09. The van der Waals surface area contributed by atoms with E-state index in [-0.39, 0.29) is 6.01 Å². The Morgan fingerprint density at radius 1 is 1.38 bits per heavy atom. The number of aryl methyl sites for hydroxylation is 1. The molecule has 0 unspecified atom stereocenters. The van der Waals surface area contributed by atoms with Gasteiger partial charge < -0.3 is 0 Å². The van der Waals surface area contributed by atoms with Crippen LogP contribution in [0, 0.1) is 0 Å². The molecule has 0 spiro atoms. The molecule has 3 nitrogen and oxygen atoms in total. The average Bonchev–Trinajstić information content (AvgIpc) is 2.44. The van der Waals surface area contributed by atoms with Gasteiger partial charge >= 0.3 is 6.01 Å². The van der Waals surface area contributed by atoms with E-state index in [1.807, 2.05) is 31.2 Å². The van der Waals surface area contributed by atoms with E-state index in [0.717, 1.165) is 24.0 Å². The molecule has 0 aliphatic rings. The number of aromatic nitrogens is 2. The smallest absolute Gasteiger partial charge is 0.290 e. The van der Waals surface area contributed by atoms with Gasteiger partial charge in [-0.2, -0.15) is 4.98 Å². The standard InChI is InChI=1S/C10H11N2O/c1-2-7-12-9-6-4-3-5-8(9)11-10(12)13/h3-6H,2,7H2,1H3. The minimum atomic E-state index is -0.136. The van der Waals surface area contributed by atoms with Crippen molar-refractivity contribution in [2.45, 2.75) is 19.9 Å². The molecule has 0 aliphatic carbocycles. The summed E-state index contributed by atoms with van der Waals surface area (Å²) in [5.41, 5.74) is 1.73.